The number of allylic oxidation sites excluding steroid dienone is 1. The van der Waals surface area contributed by atoms with Gasteiger partial charge in [-0.3, -0.25) is 4.79 Å². The van der Waals surface area contributed by atoms with Crippen molar-refractivity contribution in [3.63, 3.8) is 0 Å². The summed E-state index contributed by atoms with van der Waals surface area (Å²) in [6.45, 7) is 12.5. The van der Waals surface area contributed by atoms with Crippen molar-refractivity contribution in [1.82, 2.24) is 5.32 Å². The van der Waals surface area contributed by atoms with Crippen molar-refractivity contribution in [3.05, 3.63) is 59.4 Å². The summed E-state index contributed by atoms with van der Waals surface area (Å²) in [5, 5.41) is 3.91. The highest BCUT2D eigenvalue weighted by Gasteiger charge is 2.16. The maximum atomic E-state index is 12.2. The van der Waals surface area contributed by atoms with Crippen molar-refractivity contribution in [1.29, 1.82) is 0 Å². The molecule has 1 amide bonds. The smallest absolute Gasteiger partial charge is 0.244 e. The van der Waals surface area contributed by atoms with Crippen LogP contribution in [0.15, 0.2) is 47.1 Å². The molecule has 1 aromatic heterocycles. The van der Waals surface area contributed by atoms with Crippen LogP contribution in [-0.4, -0.2) is 18.6 Å². The lowest BCUT2D eigenvalue weighted by molar-refractivity contribution is -0.116. The summed E-state index contributed by atoms with van der Waals surface area (Å²) < 4.78 is 11.7. The minimum absolute atomic E-state index is 0.0883. The summed E-state index contributed by atoms with van der Waals surface area (Å²) in [6.07, 6.45) is 3.42. The fourth-order valence-electron chi connectivity index (χ4n) is 3.56. The Hall–Kier alpha value is -3.01. The number of hydrogen-bond acceptors (Lipinski definition) is 3. The van der Waals surface area contributed by atoms with Crippen molar-refractivity contribution < 1.29 is 13.9 Å². The minimum Gasteiger partial charge on any atom is -0.493 e. The van der Waals surface area contributed by atoms with E-state index in [9.17, 15) is 4.79 Å². The van der Waals surface area contributed by atoms with Crippen molar-refractivity contribution >= 4 is 22.4 Å². The first-order valence-electron chi connectivity index (χ1n) is 10.0. The molecule has 3 aromatic rings. The molecule has 29 heavy (non-hydrogen) atoms. The van der Waals surface area contributed by atoms with Gasteiger partial charge in [0.1, 0.15) is 11.3 Å². The largest absolute Gasteiger partial charge is 0.493 e. The zero-order chi connectivity index (χ0) is 21.1. The molecule has 0 radical (unpaired) electrons. The molecule has 0 unspecified atom stereocenters. The summed E-state index contributed by atoms with van der Waals surface area (Å²) in [7, 11) is 0. The third-order valence-electron chi connectivity index (χ3n) is 4.85. The van der Waals surface area contributed by atoms with Gasteiger partial charge in [-0.1, -0.05) is 23.8 Å². The molecule has 0 spiro atoms. The molecule has 0 saturated heterocycles. The van der Waals surface area contributed by atoms with Crippen LogP contribution in [0.2, 0.25) is 0 Å². The number of rotatable bonds is 6. The molecule has 1 N–H and O–H groups in total. The van der Waals surface area contributed by atoms with E-state index >= 15 is 0 Å². The van der Waals surface area contributed by atoms with E-state index in [0.717, 1.165) is 33.2 Å². The number of carbonyl (C=O) groups is 1. The van der Waals surface area contributed by atoms with Gasteiger partial charge in [0.05, 0.1) is 12.9 Å². The highest BCUT2D eigenvalue weighted by molar-refractivity contribution is 6.00. The van der Waals surface area contributed by atoms with E-state index in [1.54, 1.807) is 12.3 Å². The normalized spacial score (nSPS) is 11.9. The van der Waals surface area contributed by atoms with E-state index in [4.69, 9.17) is 9.15 Å². The van der Waals surface area contributed by atoms with Gasteiger partial charge in [0.2, 0.25) is 5.91 Å². The molecular weight excluding hydrogens is 362 g/mol. The number of furan rings is 1. The molecule has 0 saturated carbocycles. The second kappa shape index (κ2) is 8.56. The number of carbonyl (C=O) groups excluding carboxylic acids is 1. The second-order valence-electron chi connectivity index (χ2n) is 7.74. The van der Waals surface area contributed by atoms with Crippen LogP contribution in [0.1, 0.15) is 44.4 Å². The van der Waals surface area contributed by atoms with Gasteiger partial charge in [-0.2, -0.15) is 0 Å². The summed E-state index contributed by atoms with van der Waals surface area (Å²) >= 11 is 0. The fraction of sp³-hybridized carbons (Fsp3) is 0.320. The molecule has 4 nitrogen and oxygen atoms in total. The number of ether oxygens (including phenoxy) is 1. The Morgan fingerprint density at radius 3 is 2.59 bits per heavy atom. The minimum atomic E-state index is -0.109. The van der Waals surface area contributed by atoms with Crippen LogP contribution < -0.4 is 10.1 Å². The summed E-state index contributed by atoms with van der Waals surface area (Å²) in [6, 6.07) is 10.5. The third kappa shape index (κ3) is 4.53. The first-order chi connectivity index (χ1) is 13.8. The monoisotopic (exact) mass is 391 g/mol. The SMILES string of the molecule is CCOc1cc2occ(-c3ccc(C)cc3C)c2cc1/C(C)=C/C(=O)NC(C)C. The van der Waals surface area contributed by atoms with Crippen LogP contribution >= 0.6 is 0 Å². The molecule has 0 bridgehead atoms. The average Bonchev–Trinajstić information content (AvgIpc) is 3.03. The van der Waals surface area contributed by atoms with Crippen LogP contribution in [0.5, 0.6) is 5.75 Å². The number of aryl methyl sites for hydroxylation is 2. The first kappa shape index (κ1) is 20.7. The van der Waals surface area contributed by atoms with Gasteiger partial charge in [-0.15, -0.1) is 0 Å². The quantitative estimate of drug-likeness (QED) is 0.521. The topological polar surface area (TPSA) is 51.5 Å². The Bertz CT molecular complexity index is 1070. The lowest BCUT2D eigenvalue weighted by Gasteiger charge is -2.12. The molecule has 0 aliphatic heterocycles. The van der Waals surface area contributed by atoms with Crippen molar-refractivity contribution in [2.75, 3.05) is 6.61 Å². The predicted octanol–water partition coefficient (Wildman–Crippen LogP) is 6.04. The lowest BCUT2D eigenvalue weighted by atomic mass is 9.96. The second-order valence-corrected chi connectivity index (χ2v) is 7.74. The van der Waals surface area contributed by atoms with E-state index in [1.807, 2.05) is 33.8 Å². The number of nitrogens with one attached hydrogen (secondary N) is 1. The number of fused-ring (bicyclic) bond motifs is 1. The molecule has 0 aliphatic rings. The Morgan fingerprint density at radius 1 is 1.17 bits per heavy atom. The predicted molar refractivity (Wildman–Crippen MR) is 119 cm³/mol. The van der Waals surface area contributed by atoms with Crippen LogP contribution in [0.4, 0.5) is 0 Å². The van der Waals surface area contributed by atoms with Crippen LogP contribution in [-0.2, 0) is 4.79 Å². The fourth-order valence-corrected chi connectivity index (χ4v) is 3.56. The lowest BCUT2D eigenvalue weighted by Crippen LogP contribution is -2.28. The molecule has 152 valence electrons. The molecule has 0 fully saturated rings. The van der Waals surface area contributed by atoms with Gasteiger partial charge < -0.3 is 14.5 Å². The maximum Gasteiger partial charge on any atom is 0.244 e. The van der Waals surface area contributed by atoms with Crippen LogP contribution in [0.25, 0.3) is 27.7 Å². The summed E-state index contributed by atoms with van der Waals surface area (Å²) in [4.78, 5) is 12.2. The number of amides is 1. The van der Waals surface area contributed by atoms with Gasteiger partial charge >= 0.3 is 0 Å². The van der Waals surface area contributed by atoms with E-state index in [2.05, 4.69) is 43.4 Å². The molecule has 3 rings (SSSR count). The Kier molecular flexibility index (Phi) is 6.12. The van der Waals surface area contributed by atoms with Crippen molar-refractivity contribution in [2.24, 2.45) is 0 Å². The number of benzene rings is 2. The van der Waals surface area contributed by atoms with E-state index in [0.29, 0.717) is 12.4 Å². The van der Waals surface area contributed by atoms with E-state index in [1.165, 1.54) is 11.1 Å². The summed E-state index contributed by atoms with van der Waals surface area (Å²) in [5.41, 5.74) is 7.13. The Morgan fingerprint density at radius 2 is 1.93 bits per heavy atom. The van der Waals surface area contributed by atoms with Crippen LogP contribution in [0, 0.1) is 13.8 Å². The van der Waals surface area contributed by atoms with E-state index < -0.39 is 0 Å². The number of hydrogen-bond donors (Lipinski definition) is 1. The molecule has 0 aliphatic carbocycles. The maximum absolute atomic E-state index is 12.2. The standard InChI is InChI=1S/C25H29NO3/c1-7-28-23-13-24-21(12-20(23)18(6)11-25(27)26-15(2)3)22(14-29-24)19-9-8-16(4)10-17(19)5/h8-15H,7H2,1-6H3,(H,26,27)/b18-11+. The molecular formula is C25H29NO3. The Labute approximate surface area is 172 Å². The molecule has 4 heteroatoms. The van der Waals surface area contributed by atoms with E-state index in [-0.39, 0.29) is 11.9 Å². The average molecular weight is 392 g/mol. The first-order valence-corrected chi connectivity index (χ1v) is 10.0. The highest BCUT2D eigenvalue weighted by Crippen LogP contribution is 2.38. The van der Waals surface area contributed by atoms with Gasteiger partial charge in [-0.25, -0.2) is 0 Å². The molecule has 1 heterocycles. The zero-order valence-corrected chi connectivity index (χ0v) is 18.1. The van der Waals surface area contributed by atoms with Crippen molar-refractivity contribution in [2.45, 2.75) is 47.6 Å². The molecule has 2 aromatic carbocycles. The summed E-state index contributed by atoms with van der Waals surface area (Å²) in [5.74, 6) is 0.606. The van der Waals surface area contributed by atoms with Crippen molar-refractivity contribution in [3.8, 4) is 16.9 Å². The van der Waals surface area contributed by atoms with Gasteiger partial charge in [0, 0.05) is 34.7 Å². The van der Waals surface area contributed by atoms with Crippen LogP contribution in [0.3, 0.4) is 0 Å². The third-order valence-corrected chi connectivity index (χ3v) is 4.85. The molecule has 0 atom stereocenters. The van der Waals surface area contributed by atoms with Gasteiger partial charge in [0.15, 0.2) is 0 Å². The van der Waals surface area contributed by atoms with Gasteiger partial charge in [-0.05, 0) is 64.3 Å². The highest BCUT2D eigenvalue weighted by atomic mass is 16.5. The van der Waals surface area contributed by atoms with Gasteiger partial charge in [0.25, 0.3) is 0 Å². The zero-order valence-electron chi connectivity index (χ0n) is 18.1. The Balaban J connectivity index is 2.14.